The van der Waals surface area contributed by atoms with Crippen LogP contribution >= 0.6 is 0 Å². The summed E-state index contributed by atoms with van der Waals surface area (Å²) < 4.78 is 5.69. The minimum Gasteiger partial charge on any atom is -0.491 e. The standard InChI is InChI=1S/C16H28N2O/c1-4-9-17-10-6-11-18-13-15-7-5-8-16(12-15)19-14(2)3/h5,7-8,12,14,17-18H,4,6,9-11,13H2,1-3H3. The molecule has 1 rings (SSSR count). The van der Waals surface area contributed by atoms with Crippen LogP contribution in [0.2, 0.25) is 0 Å². The highest BCUT2D eigenvalue weighted by molar-refractivity contribution is 5.28. The molecule has 1 aromatic carbocycles. The molecule has 0 spiro atoms. The second-order valence-electron chi connectivity index (χ2n) is 5.09. The van der Waals surface area contributed by atoms with Crippen molar-refractivity contribution in [3.8, 4) is 5.75 Å². The second-order valence-corrected chi connectivity index (χ2v) is 5.09. The molecule has 0 radical (unpaired) electrons. The third kappa shape index (κ3) is 7.85. The van der Waals surface area contributed by atoms with Crippen LogP contribution < -0.4 is 15.4 Å². The molecule has 0 aliphatic rings. The summed E-state index contributed by atoms with van der Waals surface area (Å²) in [6.07, 6.45) is 2.60. The zero-order valence-electron chi connectivity index (χ0n) is 12.5. The lowest BCUT2D eigenvalue weighted by Crippen LogP contribution is -2.22. The van der Waals surface area contributed by atoms with Gasteiger partial charge in [0.15, 0.2) is 0 Å². The Morgan fingerprint density at radius 2 is 1.89 bits per heavy atom. The molecule has 0 aromatic heterocycles. The Balaban J connectivity index is 2.18. The van der Waals surface area contributed by atoms with Gasteiger partial charge in [-0.3, -0.25) is 0 Å². The summed E-state index contributed by atoms with van der Waals surface area (Å²) in [5.41, 5.74) is 1.28. The minimum absolute atomic E-state index is 0.229. The Labute approximate surface area is 117 Å². The summed E-state index contributed by atoms with van der Waals surface area (Å²) in [6.45, 7) is 10.5. The van der Waals surface area contributed by atoms with Crippen molar-refractivity contribution in [2.75, 3.05) is 19.6 Å². The van der Waals surface area contributed by atoms with Crippen molar-refractivity contribution in [1.29, 1.82) is 0 Å². The van der Waals surface area contributed by atoms with E-state index in [2.05, 4.69) is 35.8 Å². The van der Waals surface area contributed by atoms with Crippen molar-refractivity contribution in [3.63, 3.8) is 0 Å². The Kier molecular flexibility index (Phi) is 8.26. The molecule has 0 unspecified atom stereocenters. The van der Waals surface area contributed by atoms with Crippen LogP contribution in [0.25, 0.3) is 0 Å². The summed E-state index contributed by atoms with van der Waals surface area (Å²) in [7, 11) is 0. The normalized spacial score (nSPS) is 10.9. The molecule has 108 valence electrons. The first-order chi connectivity index (χ1) is 9.22. The largest absolute Gasteiger partial charge is 0.491 e. The van der Waals surface area contributed by atoms with Crippen LogP contribution in [0.3, 0.4) is 0 Å². The van der Waals surface area contributed by atoms with Crippen LogP contribution in [0, 0.1) is 0 Å². The van der Waals surface area contributed by atoms with E-state index in [1.165, 1.54) is 18.4 Å². The maximum absolute atomic E-state index is 5.69. The molecule has 19 heavy (non-hydrogen) atoms. The van der Waals surface area contributed by atoms with Gasteiger partial charge in [-0.2, -0.15) is 0 Å². The van der Waals surface area contributed by atoms with Gasteiger partial charge in [-0.25, -0.2) is 0 Å². The van der Waals surface area contributed by atoms with E-state index in [4.69, 9.17) is 4.74 Å². The lowest BCUT2D eigenvalue weighted by Gasteiger charge is -2.11. The maximum Gasteiger partial charge on any atom is 0.120 e. The van der Waals surface area contributed by atoms with Crippen molar-refractivity contribution < 1.29 is 4.74 Å². The first-order valence-electron chi connectivity index (χ1n) is 7.39. The number of nitrogens with one attached hydrogen (secondary N) is 2. The predicted molar refractivity (Wildman–Crippen MR) is 81.7 cm³/mol. The minimum atomic E-state index is 0.229. The highest BCUT2D eigenvalue weighted by Crippen LogP contribution is 2.14. The predicted octanol–water partition coefficient (Wildman–Crippen LogP) is 2.95. The van der Waals surface area contributed by atoms with Crippen molar-refractivity contribution in [2.24, 2.45) is 0 Å². The molecule has 1 aromatic rings. The molecule has 0 saturated heterocycles. The molecule has 0 heterocycles. The number of ether oxygens (including phenoxy) is 1. The number of rotatable bonds is 10. The Morgan fingerprint density at radius 1 is 1.11 bits per heavy atom. The number of hydrogen-bond acceptors (Lipinski definition) is 3. The van der Waals surface area contributed by atoms with Crippen LogP contribution in [0.4, 0.5) is 0 Å². The Hall–Kier alpha value is -1.06. The molecule has 0 bridgehead atoms. The second kappa shape index (κ2) is 9.82. The molecular formula is C16H28N2O. The quantitative estimate of drug-likeness (QED) is 0.637. The van der Waals surface area contributed by atoms with Gasteiger partial charge < -0.3 is 15.4 Å². The fourth-order valence-corrected chi connectivity index (χ4v) is 1.87. The van der Waals surface area contributed by atoms with Crippen LogP contribution in [0.1, 0.15) is 39.2 Å². The fourth-order valence-electron chi connectivity index (χ4n) is 1.87. The molecule has 3 nitrogen and oxygen atoms in total. The van der Waals surface area contributed by atoms with E-state index in [9.17, 15) is 0 Å². The van der Waals surface area contributed by atoms with Crippen molar-refractivity contribution in [1.82, 2.24) is 10.6 Å². The third-order valence-corrected chi connectivity index (χ3v) is 2.73. The molecule has 3 heteroatoms. The lowest BCUT2D eigenvalue weighted by molar-refractivity contribution is 0.242. The van der Waals surface area contributed by atoms with Crippen LogP contribution in [0.15, 0.2) is 24.3 Å². The van der Waals surface area contributed by atoms with Gasteiger partial charge in [0.1, 0.15) is 5.75 Å². The molecule has 0 amide bonds. The Morgan fingerprint density at radius 3 is 2.63 bits per heavy atom. The van der Waals surface area contributed by atoms with E-state index in [1.807, 2.05) is 19.9 Å². The highest BCUT2D eigenvalue weighted by atomic mass is 16.5. The van der Waals surface area contributed by atoms with E-state index in [0.717, 1.165) is 31.9 Å². The van der Waals surface area contributed by atoms with Gasteiger partial charge in [0.05, 0.1) is 6.10 Å². The molecule has 0 saturated carbocycles. The van der Waals surface area contributed by atoms with E-state index in [1.54, 1.807) is 0 Å². The van der Waals surface area contributed by atoms with Crippen LogP contribution in [0.5, 0.6) is 5.75 Å². The van der Waals surface area contributed by atoms with Gasteiger partial charge in [0.2, 0.25) is 0 Å². The summed E-state index contributed by atoms with van der Waals surface area (Å²) in [5.74, 6) is 0.957. The fraction of sp³-hybridized carbons (Fsp3) is 0.625. The summed E-state index contributed by atoms with van der Waals surface area (Å²) in [4.78, 5) is 0. The highest BCUT2D eigenvalue weighted by Gasteiger charge is 1.99. The van der Waals surface area contributed by atoms with Gasteiger partial charge in [0.25, 0.3) is 0 Å². The van der Waals surface area contributed by atoms with Gasteiger partial charge in [-0.1, -0.05) is 19.1 Å². The zero-order valence-corrected chi connectivity index (χ0v) is 12.5. The summed E-state index contributed by atoms with van der Waals surface area (Å²) in [5, 5.41) is 6.87. The summed E-state index contributed by atoms with van der Waals surface area (Å²) in [6, 6.07) is 8.31. The lowest BCUT2D eigenvalue weighted by atomic mass is 10.2. The van der Waals surface area contributed by atoms with Crippen molar-refractivity contribution in [3.05, 3.63) is 29.8 Å². The van der Waals surface area contributed by atoms with Gasteiger partial charge in [-0.05, 0) is 64.0 Å². The van der Waals surface area contributed by atoms with E-state index >= 15 is 0 Å². The van der Waals surface area contributed by atoms with Gasteiger partial charge in [-0.15, -0.1) is 0 Å². The molecule has 0 atom stereocenters. The molecule has 0 aliphatic heterocycles. The molecule has 0 aliphatic carbocycles. The van der Waals surface area contributed by atoms with E-state index in [0.29, 0.717) is 0 Å². The van der Waals surface area contributed by atoms with Crippen molar-refractivity contribution >= 4 is 0 Å². The molecule has 0 fully saturated rings. The van der Waals surface area contributed by atoms with Gasteiger partial charge in [0, 0.05) is 6.54 Å². The Bertz CT molecular complexity index is 339. The average molecular weight is 264 g/mol. The van der Waals surface area contributed by atoms with E-state index in [-0.39, 0.29) is 6.10 Å². The zero-order chi connectivity index (χ0) is 13.9. The SMILES string of the molecule is CCCNCCCNCc1cccc(OC(C)C)c1. The number of hydrogen-bond donors (Lipinski definition) is 2. The maximum atomic E-state index is 5.69. The molecule has 2 N–H and O–H groups in total. The average Bonchev–Trinajstić information content (AvgIpc) is 2.37. The first-order valence-corrected chi connectivity index (χ1v) is 7.39. The van der Waals surface area contributed by atoms with Crippen LogP contribution in [-0.4, -0.2) is 25.7 Å². The van der Waals surface area contributed by atoms with Gasteiger partial charge >= 0.3 is 0 Å². The summed E-state index contributed by atoms with van der Waals surface area (Å²) >= 11 is 0. The third-order valence-electron chi connectivity index (χ3n) is 2.73. The topological polar surface area (TPSA) is 33.3 Å². The van der Waals surface area contributed by atoms with Crippen LogP contribution in [-0.2, 0) is 6.54 Å². The smallest absolute Gasteiger partial charge is 0.120 e. The number of benzene rings is 1. The monoisotopic (exact) mass is 264 g/mol. The van der Waals surface area contributed by atoms with Crippen molar-refractivity contribution in [2.45, 2.75) is 46.3 Å². The van der Waals surface area contributed by atoms with E-state index < -0.39 is 0 Å². The first kappa shape index (κ1) is 16.0. The molecular weight excluding hydrogens is 236 g/mol.